The summed E-state index contributed by atoms with van der Waals surface area (Å²) < 4.78 is 2.07. The summed E-state index contributed by atoms with van der Waals surface area (Å²) in [5.74, 6) is 1.54. The molecule has 2 rings (SSSR count). The van der Waals surface area contributed by atoms with Crippen LogP contribution in [-0.4, -0.2) is 60.1 Å². The van der Waals surface area contributed by atoms with E-state index in [1.807, 2.05) is 19.3 Å². The van der Waals surface area contributed by atoms with Crippen LogP contribution in [0.1, 0.15) is 32.4 Å². The molecule has 5 nitrogen and oxygen atoms in total. The molecule has 0 aromatic carbocycles. The van der Waals surface area contributed by atoms with Gasteiger partial charge in [-0.25, -0.2) is 0 Å². The molecule has 1 unspecified atom stereocenters. The van der Waals surface area contributed by atoms with Crippen LogP contribution in [0.15, 0.2) is 17.3 Å². The molecule has 2 heterocycles. The molecule has 1 aliphatic heterocycles. The average Bonchev–Trinajstić information content (AvgIpc) is 3.13. The second kappa shape index (κ2) is 9.33. The summed E-state index contributed by atoms with van der Waals surface area (Å²) in [5.41, 5.74) is 1.18. The maximum absolute atomic E-state index is 6.08. The molecule has 1 saturated heterocycles. The minimum absolute atomic E-state index is 0.578. The normalized spacial score (nSPS) is 17.3. The van der Waals surface area contributed by atoms with E-state index in [-0.39, 0.29) is 0 Å². The zero-order chi connectivity index (χ0) is 17.5. The highest BCUT2D eigenvalue weighted by Gasteiger charge is 2.15. The summed E-state index contributed by atoms with van der Waals surface area (Å²) in [6.45, 7) is 10.6. The Morgan fingerprint density at radius 3 is 2.71 bits per heavy atom. The van der Waals surface area contributed by atoms with Crippen molar-refractivity contribution in [2.24, 2.45) is 18.0 Å². The summed E-state index contributed by atoms with van der Waals surface area (Å²) in [7, 11) is 4.10. The summed E-state index contributed by atoms with van der Waals surface area (Å²) in [4.78, 5) is 9.57. The number of nitrogens with one attached hydrogen (secondary N) is 1. The van der Waals surface area contributed by atoms with Crippen LogP contribution in [0, 0.1) is 5.92 Å². The Balaban J connectivity index is 1.91. The highest BCUT2D eigenvalue weighted by Crippen LogP contribution is 2.14. The zero-order valence-electron chi connectivity index (χ0n) is 15.6. The average molecular weight is 354 g/mol. The SMILES string of the molecule is CCNC(=NCC(C)CN1CCCC1)N(C)Cc1cc(Cl)cn1C. The molecule has 1 aliphatic rings. The molecule has 1 aromatic heterocycles. The maximum Gasteiger partial charge on any atom is 0.194 e. The van der Waals surface area contributed by atoms with Gasteiger partial charge in [-0.3, -0.25) is 4.99 Å². The first-order chi connectivity index (χ1) is 11.5. The number of hydrogen-bond acceptors (Lipinski definition) is 2. The lowest BCUT2D eigenvalue weighted by molar-refractivity contribution is 0.291. The Hall–Kier alpha value is -1.20. The van der Waals surface area contributed by atoms with Gasteiger partial charge in [-0.1, -0.05) is 18.5 Å². The quantitative estimate of drug-likeness (QED) is 0.604. The van der Waals surface area contributed by atoms with Crippen LogP contribution in [0.5, 0.6) is 0 Å². The standard InChI is InChI=1S/C18H32ClN5/c1-5-20-18(21-11-15(2)12-24-8-6-7-9-24)23(4)14-17-10-16(19)13-22(17)3/h10,13,15H,5-9,11-12,14H2,1-4H3,(H,20,21). The van der Waals surface area contributed by atoms with E-state index in [1.165, 1.54) is 31.6 Å². The largest absolute Gasteiger partial charge is 0.357 e. The lowest BCUT2D eigenvalue weighted by Gasteiger charge is -2.24. The van der Waals surface area contributed by atoms with Crippen molar-refractivity contribution in [3.63, 3.8) is 0 Å². The van der Waals surface area contributed by atoms with Crippen LogP contribution in [-0.2, 0) is 13.6 Å². The highest BCUT2D eigenvalue weighted by molar-refractivity contribution is 6.30. The van der Waals surface area contributed by atoms with Crippen molar-refractivity contribution in [2.45, 2.75) is 33.2 Å². The van der Waals surface area contributed by atoms with Gasteiger partial charge in [-0.05, 0) is 44.8 Å². The van der Waals surface area contributed by atoms with Crippen molar-refractivity contribution in [3.05, 3.63) is 23.0 Å². The number of halogens is 1. The molecule has 1 atom stereocenters. The van der Waals surface area contributed by atoms with Gasteiger partial charge in [0.15, 0.2) is 5.96 Å². The second-order valence-electron chi connectivity index (χ2n) is 6.92. The molecule has 0 aliphatic carbocycles. The molecule has 0 saturated carbocycles. The first kappa shape index (κ1) is 19.1. The third-order valence-electron chi connectivity index (χ3n) is 4.49. The van der Waals surface area contributed by atoms with E-state index in [9.17, 15) is 0 Å². The maximum atomic E-state index is 6.08. The summed E-state index contributed by atoms with van der Waals surface area (Å²) >= 11 is 6.08. The van der Waals surface area contributed by atoms with E-state index in [0.717, 1.165) is 37.2 Å². The number of guanidine groups is 1. The van der Waals surface area contributed by atoms with Gasteiger partial charge in [0.2, 0.25) is 0 Å². The molecule has 1 aromatic rings. The van der Waals surface area contributed by atoms with Gasteiger partial charge in [-0.15, -0.1) is 0 Å². The lowest BCUT2D eigenvalue weighted by Crippen LogP contribution is -2.39. The van der Waals surface area contributed by atoms with E-state index < -0.39 is 0 Å². The van der Waals surface area contributed by atoms with Crippen molar-refractivity contribution in [2.75, 3.05) is 39.8 Å². The van der Waals surface area contributed by atoms with Gasteiger partial charge >= 0.3 is 0 Å². The van der Waals surface area contributed by atoms with Gasteiger partial charge in [-0.2, -0.15) is 0 Å². The Morgan fingerprint density at radius 1 is 1.42 bits per heavy atom. The van der Waals surface area contributed by atoms with Crippen molar-refractivity contribution in [1.82, 2.24) is 19.7 Å². The molecule has 136 valence electrons. The molecule has 6 heteroatoms. The van der Waals surface area contributed by atoms with Crippen molar-refractivity contribution >= 4 is 17.6 Å². The van der Waals surface area contributed by atoms with Crippen LogP contribution in [0.4, 0.5) is 0 Å². The monoisotopic (exact) mass is 353 g/mol. The second-order valence-corrected chi connectivity index (χ2v) is 7.36. The Kier molecular flexibility index (Phi) is 7.43. The third kappa shape index (κ3) is 5.71. The van der Waals surface area contributed by atoms with Crippen LogP contribution in [0.2, 0.25) is 5.02 Å². The smallest absolute Gasteiger partial charge is 0.194 e. The summed E-state index contributed by atoms with van der Waals surface area (Å²) in [6, 6.07) is 2.01. The molecule has 0 radical (unpaired) electrons. The number of aromatic nitrogens is 1. The molecule has 0 spiro atoms. The van der Waals surface area contributed by atoms with Crippen LogP contribution >= 0.6 is 11.6 Å². The predicted molar refractivity (Wildman–Crippen MR) is 103 cm³/mol. The number of hydrogen-bond donors (Lipinski definition) is 1. The van der Waals surface area contributed by atoms with Gasteiger partial charge in [0.1, 0.15) is 0 Å². The number of aliphatic imine (C=N–C) groups is 1. The van der Waals surface area contributed by atoms with E-state index in [0.29, 0.717) is 5.92 Å². The van der Waals surface area contributed by atoms with Gasteiger partial charge in [0, 0.05) is 45.6 Å². The predicted octanol–water partition coefficient (Wildman–Crippen LogP) is 2.81. The van der Waals surface area contributed by atoms with Gasteiger partial charge in [0.05, 0.1) is 11.6 Å². The fraction of sp³-hybridized carbons (Fsp3) is 0.722. The molecule has 0 bridgehead atoms. The molecular formula is C18H32ClN5. The van der Waals surface area contributed by atoms with Crippen LogP contribution in [0.3, 0.4) is 0 Å². The van der Waals surface area contributed by atoms with E-state index >= 15 is 0 Å². The van der Waals surface area contributed by atoms with Crippen molar-refractivity contribution in [1.29, 1.82) is 0 Å². The molecule has 24 heavy (non-hydrogen) atoms. The Bertz CT molecular complexity index is 534. The van der Waals surface area contributed by atoms with Crippen LogP contribution in [0.25, 0.3) is 0 Å². The zero-order valence-corrected chi connectivity index (χ0v) is 16.3. The topological polar surface area (TPSA) is 35.8 Å². The van der Waals surface area contributed by atoms with E-state index in [4.69, 9.17) is 16.6 Å². The fourth-order valence-corrected chi connectivity index (χ4v) is 3.49. The van der Waals surface area contributed by atoms with Gasteiger partial charge in [0.25, 0.3) is 0 Å². The fourth-order valence-electron chi connectivity index (χ4n) is 3.22. The van der Waals surface area contributed by atoms with Crippen LogP contribution < -0.4 is 5.32 Å². The van der Waals surface area contributed by atoms with E-state index in [1.54, 1.807) is 0 Å². The lowest BCUT2D eigenvalue weighted by atomic mass is 10.2. The molecule has 1 N–H and O–H groups in total. The molecular weight excluding hydrogens is 322 g/mol. The highest BCUT2D eigenvalue weighted by atomic mass is 35.5. The number of rotatable bonds is 7. The van der Waals surface area contributed by atoms with Crippen molar-refractivity contribution < 1.29 is 0 Å². The summed E-state index contributed by atoms with van der Waals surface area (Å²) in [6.07, 6.45) is 4.63. The third-order valence-corrected chi connectivity index (χ3v) is 4.70. The number of aryl methyl sites for hydroxylation is 1. The first-order valence-corrected chi connectivity index (χ1v) is 9.40. The number of likely N-dealkylation sites (tertiary alicyclic amines) is 1. The summed E-state index contributed by atoms with van der Waals surface area (Å²) in [5, 5.41) is 4.18. The Labute approximate surface area is 151 Å². The van der Waals surface area contributed by atoms with Gasteiger partial charge < -0.3 is 19.7 Å². The van der Waals surface area contributed by atoms with Crippen molar-refractivity contribution in [3.8, 4) is 0 Å². The first-order valence-electron chi connectivity index (χ1n) is 9.02. The molecule has 1 fully saturated rings. The number of nitrogens with zero attached hydrogens (tertiary/aromatic N) is 4. The van der Waals surface area contributed by atoms with E-state index in [2.05, 4.69) is 40.6 Å². The minimum Gasteiger partial charge on any atom is -0.357 e. The Morgan fingerprint density at radius 2 is 2.12 bits per heavy atom. The minimum atomic E-state index is 0.578. The molecule has 0 amide bonds.